The van der Waals surface area contributed by atoms with E-state index in [1.807, 2.05) is 29.2 Å². The van der Waals surface area contributed by atoms with Gasteiger partial charge in [-0.25, -0.2) is 0 Å². The molecule has 0 saturated carbocycles. The second kappa shape index (κ2) is 6.74. The van der Waals surface area contributed by atoms with Gasteiger partial charge in [-0.05, 0) is 30.0 Å². The molecule has 0 radical (unpaired) electrons. The van der Waals surface area contributed by atoms with Crippen LogP contribution < -0.4 is 0 Å². The molecule has 1 heterocycles. The molecule has 1 atom stereocenters. The third-order valence-electron chi connectivity index (χ3n) is 4.35. The van der Waals surface area contributed by atoms with Gasteiger partial charge in [-0.1, -0.05) is 26.0 Å². The molecule has 0 spiro atoms. The van der Waals surface area contributed by atoms with Crippen LogP contribution in [0.5, 0.6) is 0 Å². The van der Waals surface area contributed by atoms with E-state index >= 15 is 0 Å². The molecular formula is C17H24N2O2. The van der Waals surface area contributed by atoms with Crippen LogP contribution in [0.25, 0.3) is 0 Å². The van der Waals surface area contributed by atoms with Gasteiger partial charge in [0.2, 0.25) is 5.91 Å². The summed E-state index contributed by atoms with van der Waals surface area (Å²) in [4.78, 5) is 27.4. The fourth-order valence-corrected chi connectivity index (χ4v) is 2.60. The van der Waals surface area contributed by atoms with Gasteiger partial charge < -0.3 is 9.80 Å². The van der Waals surface area contributed by atoms with E-state index in [-0.39, 0.29) is 11.8 Å². The Hall–Kier alpha value is -1.84. The first-order valence-corrected chi connectivity index (χ1v) is 7.67. The lowest BCUT2D eigenvalue weighted by Gasteiger charge is -2.34. The SMILES string of the molecule is CCC(C)c1ccc(C(=O)N2CCN(C(C)=O)CC2)cc1. The van der Waals surface area contributed by atoms with E-state index < -0.39 is 0 Å². The third kappa shape index (κ3) is 3.63. The Bertz CT molecular complexity index is 502. The molecule has 1 aliphatic rings. The zero-order valence-electron chi connectivity index (χ0n) is 13.1. The van der Waals surface area contributed by atoms with Gasteiger partial charge in [-0.15, -0.1) is 0 Å². The van der Waals surface area contributed by atoms with Gasteiger partial charge >= 0.3 is 0 Å². The van der Waals surface area contributed by atoms with E-state index in [4.69, 9.17) is 0 Å². The molecule has 0 N–H and O–H groups in total. The Morgan fingerprint density at radius 3 is 2.05 bits per heavy atom. The van der Waals surface area contributed by atoms with Crippen LogP contribution in [0, 0.1) is 0 Å². The largest absolute Gasteiger partial charge is 0.339 e. The number of amides is 2. The van der Waals surface area contributed by atoms with Crippen molar-refractivity contribution in [3.8, 4) is 0 Å². The lowest BCUT2D eigenvalue weighted by molar-refractivity contribution is -0.130. The molecule has 21 heavy (non-hydrogen) atoms. The molecule has 114 valence electrons. The zero-order chi connectivity index (χ0) is 15.4. The molecule has 0 aromatic heterocycles. The van der Waals surface area contributed by atoms with Gasteiger partial charge in [0.05, 0.1) is 0 Å². The molecule has 0 bridgehead atoms. The summed E-state index contributed by atoms with van der Waals surface area (Å²) in [5, 5.41) is 0. The van der Waals surface area contributed by atoms with Gasteiger partial charge in [-0.3, -0.25) is 9.59 Å². The molecule has 4 heteroatoms. The van der Waals surface area contributed by atoms with Gasteiger partial charge in [0.15, 0.2) is 0 Å². The zero-order valence-corrected chi connectivity index (χ0v) is 13.1. The van der Waals surface area contributed by atoms with Crippen molar-refractivity contribution >= 4 is 11.8 Å². The van der Waals surface area contributed by atoms with Crippen molar-refractivity contribution < 1.29 is 9.59 Å². The van der Waals surface area contributed by atoms with Crippen molar-refractivity contribution in [3.63, 3.8) is 0 Å². The maximum absolute atomic E-state index is 12.4. The number of nitrogens with zero attached hydrogens (tertiary/aromatic N) is 2. The van der Waals surface area contributed by atoms with Crippen LogP contribution in [0.3, 0.4) is 0 Å². The average Bonchev–Trinajstić information content (AvgIpc) is 2.53. The summed E-state index contributed by atoms with van der Waals surface area (Å²) in [5.74, 6) is 0.669. The molecule has 1 aromatic carbocycles. The second-order valence-corrected chi connectivity index (χ2v) is 5.73. The summed E-state index contributed by atoms with van der Waals surface area (Å²) >= 11 is 0. The normalized spacial score (nSPS) is 16.7. The first-order valence-electron chi connectivity index (χ1n) is 7.67. The van der Waals surface area contributed by atoms with Crippen LogP contribution in [0.15, 0.2) is 24.3 Å². The van der Waals surface area contributed by atoms with Crippen LogP contribution >= 0.6 is 0 Å². The fraction of sp³-hybridized carbons (Fsp3) is 0.529. The van der Waals surface area contributed by atoms with E-state index in [0.717, 1.165) is 12.0 Å². The molecule has 1 fully saturated rings. The minimum absolute atomic E-state index is 0.0638. The second-order valence-electron chi connectivity index (χ2n) is 5.73. The smallest absolute Gasteiger partial charge is 0.253 e. The van der Waals surface area contributed by atoms with Crippen LogP contribution in [0.2, 0.25) is 0 Å². The molecule has 0 aliphatic carbocycles. The first-order chi connectivity index (χ1) is 10.0. The third-order valence-corrected chi connectivity index (χ3v) is 4.35. The fourth-order valence-electron chi connectivity index (χ4n) is 2.60. The Kier molecular flexibility index (Phi) is 4.99. The number of benzene rings is 1. The summed E-state index contributed by atoms with van der Waals surface area (Å²) in [6.07, 6.45) is 1.10. The minimum atomic E-state index is 0.0638. The summed E-state index contributed by atoms with van der Waals surface area (Å²) < 4.78 is 0. The predicted molar refractivity (Wildman–Crippen MR) is 83.3 cm³/mol. The van der Waals surface area contributed by atoms with Crippen molar-refractivity contribution in [3.05, 3.63) is 35.4 Å². The molecule has 2 amide bonds. The maximum atomic E-state index is 12.4. The standard InChI is InChI=1S/C17H24N2O2/c1-4-13(2)15-5-7-16(8-6-15)17(21)19-11-9-18(10-12-19)14(3)20/h5-8,13H,4,9-12H2,1-3H3. The monoisotopic (exact) mass is 288 g/mol. The summed E-state index contributed by atoms with van der Waals surface area (Å²) in [6, 6.07) is 7.93. The predicted octanol–water partition coefficient (Wildman–Crippen LogP) is 2.50. The molecule has 1 saturated heterocycles. The van der Waals surface area contributed by atoms with E-state index in [1.54, 1.807) is 11.8 Å². The molecular weight excluding hydrogens is 264 g/mol. The molecule has 1 aromatic rings. The number of piperazine rings is 1. The minimum Gasteiger partial charge on any atom is -0.339 e. The van der Waals surface area contributed by atoms with Crippen LogP contribution in [-0.4, -0.2) is 47.8 Å². The van der Waals surface area contributed by atoms with Gasteiger partial charge in [0.1, 0.15) is 0 Å². The highest BCUT2D eigenvalue weighted by Crippen LogP contribution is 2.19. The van der Waals surface area contributed by atoms with Crippen molar-refractivity contribution in [2.75, 3.05) is 26.2 Å². The summed E-state index contributed by atoms with van der Waals surface area (Å²) in [5.41, 5.74) is 2.01. The van der Waals surface area contributed by atoms with Crippen LogP contribution in [0.4, 0.5) is 0 Å². The van der Waals surface area contributed by atoms with Gasteiger partial charge in [0.25, 0.3) is 5.91 Å². The summed E-state index contributed by atoms with van der Waals surface area (Å²) in [7, 11) is 0. The van der Waals surface area contributed by atoms with Gasteiger partial charge in [0, 0.05) is 38.7 Å². The average molecular weight is 288 g/mol. The lowest BCUT2D eigenvalue weighted by Crippen LogP contribution is -2.50. The Morgan fingerprint density at radius 2 is 1.57 bits per heavy atom. The number of carbonyl (C=O) groups is 2. The molecule has 1 unspecified atom stereocenters. The highest BCUT2D eigenvalue weighted by atomic mass is 16.2. The van der Waals surface area contributed by atoms with Crippen molar-refractivity contribution in [2.24, 2.45) is 0 Å². The molecule has 2 rings (SSSR count). The highest BCUT2D eigenvalue weighted by Gasteiger charge is 2.23. The van der Waals surface area contributed by atoms with Crippen molar-refractivity contribution in [2.45, 2.75) is 33.1 Å². The Morgan fingerprint density at radius 1 is 1.05 bits per heavy atom. The number of carbonyl (C=O) groups excluding carboxylic acids is 2. The molecule has 4 nitrogen and oxygen atoms in total. The van der Waals surface area contributed by atoms with E-state index in [2.05, 4.69) is 13.8 Å². The first kappa shape index (κ1) is 15.5. The van der Waals surface area contributed by atoms with Crippen LogP contribution in [0.1, 0.15) is 49.0 Å². The van der Waals surface area contributed by atoms with E-state index in [0.29, 0.717) is 32.1 Å². The summed E-state index contributed by atoms with van der Waals surface area (Å²) in [6.45, 7) is 8.43. The number of hydrogen-bond donors (Lipinski definition) is 0. The number of hydrogen-bond acceptors (Lipinski definition) is 2. The van der Waals surface area contributed by atoms with Crippen LogP contribution in [-0.2, 0) is 4.79 Å². The number of rotatable bonds is 3. The maximum Gasteiger partial charge on any atom is 0.253 e. The quantitative estimate of drug-likeness (QED) is 0.857. The topological polar surface area (TPSA) is 40.6 Å². The van der Waals surface area contributed by atoms with E-state index in [1.165, 1.54) is 5.56 Å². The molecule has 1 aliphatic heterocycles. The van der Waals surface area contributed by atoms with Crippen molar-refractivity contribution in [1.29, 1.82) is 0 Å². The van der Waals surface area contributed by atoms with Gasteiger partial charge in [-0.2, -0.15) is 0 Å². The Balaban J connectivity index is 1.99. The van der Waals surface area contributed by atoms with Crippen molar-refractivity contribution in [1.82, 2.24) is 9.80 Å². The lowest BCUT2D eigenvalue weighted by atomic mass is 9.97. The Labute approximate surface area is 126 Å². The van der Waals surface area contributed by atoms with E-state index in [9.17, 15) is 9.59 Å². The highest BCUT2D eigenvalue weighted by molar-refractivity contribution is 5.94.